The molecule has 0 aliphatic carbocycles. The van der Waals surface area contributed by atoms with Crippen LogP contribution in [0.25, 0.3) is 0 Å². The van der Waals surface area contributed by atoms with Crippen LogP contribution in [-0.4, -0.2) is 43.4 Å². The first-order chi connectivity index (χ1) is 10.5. The monoisotopic (exact) mass is 303 g/mol. The van der Waals surface area contributed by atoms with E-state index in [4.69, 9.17) is 0 Å². The third-order valence-electron chi connectivity index (χ3n) is 4.07. The summed E-state index contributed by atoms with van der Waals surface area (Å²) in [5, 5.41) is 6.32. The highest BCUT2D eigenvalue weighted by atomic mass is 16.2. The van der Waals surface area contributed by atoms with E-state index >= 15 is 0 Å². The molecule has 2 N–H and O–H groups in total. The van der Waals surface area contributed by atoms with Gasteiger partial charge in [0.05, 0.1) is 6.42 Å². The standard InChI is InChI=1S/C17H25N3O2/c1-12-10-14(8-9-18-12)17(22)19-15-6-4-13(5-7-15)11-16(21)20(2)3/h4-7,12,14,18H,8-11H2,1-3H3,(H,19,22)/t12-,14-/m0/s1. The van der Waals surface area contributed by atoms with Crippen molar-refractivity contribution in [1.29, 1.82) is 0 Å². The zero-order valence-electron chi connectivity index (χ0n) is 13.6. The molecule has 1 fully saturated rings. The van der Waals surface area contributed by atoms with E-state index < -0.39 is 0 Å². The predicted molar refractivity (Wildman–Crippen MR) is 87.7 cm³/mol. The molecule has 1 aromatic rings. The summed E-state index contributed by atoms with van der Waals surface area (Å²) in [6.45, 7) is 3.00. The number of carbonyl (C=O) groups is 2. The van der Waals surface area contributed by atoms with E-state index in [1.165, 1.54) is 0 Å². The first kappa shape index (κ1) is 16.5. The van der Waals surface area contributed by atoms with Crippen molar-refractivity contribution < 1.29 is 9.59 Å². The molecule has 2 amide bonds. The highest BCUT2D eigenvalue weighted by Gasteiger charge is 2.24. The third kappa shape index (κ3) is 4.56. The topological polar surface area (TPSA) is 61.4 Å². The SMILES string of the molecule is C[C@H]1C[C@@H](C(=O)Nc2ccc(CC(=O)N(C)C)cc2)CCN1. The van der Waals surface area contributed by atoms with Gasteiger partial charge in [-0.3, -0.25) is 9.59 Å². The minimum atomic E-state index is 0.0699. The Kier molecular flexibility index (Phi) is 5.55. The Morgan fingerprint density at radius 1 is 1.27 bits per heavy atom. The van der Waals surface area contributed by atoms with Crippen molar-refractivity contribution in [3.63, 3.8) is 0 Å². The molecule has 5 heteroatoms. The van der Waals surface area contributed by atoms with Gasteiger partial charge in [-0.05, 0) is 44.0 Å². The van der Waals surface area contributed by atoms with Crippen molar-refractivity contribution >= 4 is 17.5 Å². The van der Waals surface area contributed by atoms with Crippen molar-refractivity contribution in [2.75, 3.05) is 26.0 Å². The fraction of sp³-hybridized carbons (Fsp3) is 0.529. The lowest BCUT2D eigenvalue weighted by molar-refractivity contribution is -0.128. The average molecular weight is 303 g/mol. The molecule has 120 valence electrons. The Balaban J connectivity index is 1.90. The maximum atomic E-state index is 12.3. The molecule has 1 aliphatic heterocycles. The fourth-order valence-corrected chi connectivity index (χ4v) is 2.65. The number of hydrogen-bond acceptors (Lipinski definition) is 3. The number of hydrogen-bond donors (Lipinski definition) is 2. The van der Waals surface area contributed by atoms with E-state index in [9.17, 15) is 9.59 Å². The zero-order valence-corrected chi connectivity index (χ0v) is 13.6. The molecule has 1 heterocycles. The van der Waals surface area contributed by atoms with Gasteiger partial charge in [0.25, 0.3) is 0 Å². The zero-order chi connectivity index (χ0) is 16.1. The van der Waals surface area contributed by atoms with Crippen LogP contribution >= 0.6 is 0 Å². The molecule has 0 aromatic heterocycles. The van der Waals surface area contributed by atoms with Gasteiger partial charge in [0.15, 0.2) is 0 Å². The number of piperidine rings is 1. The van der Waals surface area contributed by atoms with E-state index in [1.54, 1.807) is 19.0 Å². The second-order valence-corrected chi connectivity index (χ2v) is 6.23. The molecule has 0 radical (unpaired) electrons. The number of carbonyl (C=O) groups excluding carboxylic acids is 2. The van der Waals surface area contributed by atoms with Crippen molar-refractivity contribution in [3.05, 3.63) is 29.8 Å². The van der Waals surface area contributed by atoms with Crippen LogP contribution in [0.3, 0.4) is 0 Å². The molecule has 0 bridgehead atoms. The molecule has 22 heavy (non-hydrogen) atoms. The maximum Gasteiger partial charge on any atom is 0.227 e. The number of benzene rings is 1. The number of anilines is 1. The molecule has 1 aromatic carbocycles. The summed E-state index contributed by atoms with van der Waals surface area (Å²) < 4.78 is 0. The predicted octanol–water partition coefficient (Wildman–Crippen LogP) is 1.64. The normalized spacial score (nSPS) is 21.2. The summed E-state index contributed by atoms with van der Waals surface area (Å²) in [6.07, 6.45) is 2.14. The lowest BCUT2D eigenvalue weighted by Crippen LogP contribution is -2.40. The maximum absolute atomic E-state index is 12.3. The van der Waals surface area contributed by atoms with Gasteiger partial charge in [0, 0.05) is 31.7 Å². The lowest BCUT2D eigenvalue weighted by Gasteiger charge is -2.27. The minimum Gasteiger partial charge on any atom is -0.349 e. The molecule has 2 rings (SSSR count). The first-order valence-corrected chi connectivity index (χ1v) is 7.79. The molecular weight excluding hydrogens is 278 g/mol. The highest BCUT2D eigenvalue weighted by molar-refractivity contribution is 5.92. The number of rotatable bonds is 4. The molecule has 5 nitrogen and oxygen atoms in total. The molecule has 2 atom stereocenters. The molecule has 0 unspecified atom stereocenters. The first-order valence-electron chi connectivity index (χ1n) is 7.79. The molecule has 1 aliphatic rings. The Morgan fingerprint density at radius 3 is 2.55 bits per heavy atom. The highest BCUT2D eigenvalue weighted by Crippen LogP contribution is 2.19. The van der Waals surface area contributed by atoms with Crippen LogP contribution in [0, 0.1) is 5.92 Å². The Morgan fingerprint density at radius 2 is 1.95 bits per heavy atom. The van der Waals surface area contributed by atoms with Crippen LogP contribution in [0.4, 0.5) is 5.69 Å². The van der Waals surface area contributed by atoms with Crippen LogP contribution in [0.1, 0.15) is 25.3 Å². The lowest BCUT2D eigenvalue weighted by atomic mass is 9.92. The number of nitrogens with one attached hydrogen (secondary N) is 2. The Labute approximate surface area is 132 Å². The number of nitrogens with zero attached hydrogens (tertiary/aromatic N) is 1. The van der Waals surface area contributed by atoms with Gasteiger partial charge in [-0.1, -0.05) is 12.1 Å². The van der Waals surface area contributed by atoms with Crippen molar-refractivity contribution in [3.8, 4) is 0 Å². The van der Waals surface area contributed by atoms with E-state index in [2.05, 4.69) is 17.6 Å². The van der Waals surface area contributed by atoms with Crippen LogP contribution in [-0.2, 0) is 16.0 Å². The summed E-state index contributed by atoms with van der Waals surface area (Å²) in [6, 6.07) is 7.90. The van der Waals surface area contributed by atoms with Gasteiger partial charge in [-0.2, -0.15) is 0 Å². The molecule has 0 spiro atoms. The largest absolute Gasteiger partial charge is 0.349 e. The second-order valence-electron chi connectivity index (χ2n) is 6.23. The van der Waals surface area contributed by atoms with E-state index in [0.717, 1.165) is 30.6 Å². The minimum absolute atomic E-state index is 0.0699. The van der Waals surface area contributed by atoms with E-state index in [1.807, 2.05) is 24.3 Å². The Bertz CT molecular complexity index is 525. The fourth-order valence-electron chi connectivity index (χ4n) is 2.65. The molecular formula is C17H25N3O2. The van der Waals surface area contributed by atoms with Crippen molar-refractivity contribution in [2.24, 2.45) is 5.92 Å². The van der Waals surface area contributed by atoms with Gasteiger partial charge in [0.1, 0.15) is 0 Å². The van der Waals surface area contributed by atoms with Gasteiger partial charge in [-0.15, -0.1) is 0 Å². The van der Waals surface area contributed by atoms with Crippen LogP contribution in [0.5, 0.6) is 0 Å². The third-order valence-corrected chi connectivity index (χ3v) is 4.07. The van der Waals surface area contributed by atoms with Crippen LogP contribution in [0.2, 0.25) is 0 Å². The van der Waals surface area contributed by atoms with Crippen molar-refractivity contribution in [1.82, 2.24) is 10.2 Å². The second kappa shape index (κ2) is 7.40. The van der Waals surface area contributed by atoms with Crippen LogP contribution in [0.15, 0.2) is 24.3 Å². The van der Waals surface area contributed by atoms with Gasteiger partial charge in [0.2, 0.25) is 11.8 Å². The average Bonchev–Trinajstić information content (AvgIpc) is 2.49. The summed E-state index contributed by atoms with van der Waals surface area (Å²) in [5.41, 5.74) is 1.74. The summed E-state index contributed by atoms with van der Waals surface area (Å²) in [7, 11) is 3.49. The van der Waals surface area contributed by atoms with E-state index in [-0.39, 0.29) is 17.7 Å². The summed E-state index contributed by atoms with van der Waals surface area (Å²) in [5.74, 6) is 0.234. The Hall–Kier alpha value is -1.88. The molecule has 1 saturated heterocycles. The van der Waals surface area contributed by atoms with Crippen LogP contribution < -0.4 is 10.6 Å². The van der Waals surface area contributed by atoms with Gasteiger partial charge in [-0.25, -0.2) is 0 Å². The summed E-state index contributed by atoms with van der Waals surface area (Å²) >= 11 is 0. The quantitative estimate of drug-likeness (QED) is 0.889. The van der Waals surface area contributed by atoms with Gasteiger partial charge >= 0.3 is 0 Å². The number of likely N-dealkylation sites (N-methyl/N-ethyl adjacent to an activating group) is 1. The van der Waals surface area contributed by atoms with Crippen molar-refractivity contribution in [2.45, 2.75) is 32.2 Å². The smallest absolute Gasteiger partial charge is 0.227 e. The van der Waals surface area contributed by atoms with Gasteiger partial charge < -0.3 is 15.5 Å². The van der Waals surface area contributed by atoms with E-state index in [0.29, 0.717) is 12.5 Å². The molecule has 0 saturated carbocycles. The summed E-state index contributed by atoms with van der Waals surface area (Å²) in [4.78, 5) is 25.5. The number of amides is 2.